The van der Waals surface area contributed by atoms with Gasteiger partial charge < -0.3 is 10.4 Å². The Kier molecular flexibility index (Phi) is 6.31. The third kappa shape index (κ3) is 3.96. The maximum absolute atomic E-state index is 9.34. The first-order valence-electron chi connectivity index (χ1n) is 8.67. The van der Waals surface area contributed by atoms with Crippen LogP contribution in [0.2, 0.25) is 0 Å². The minimum Gasteiger partial charge on any atom is -0.395 e. The molecule has 118 valence electrons. The summed E-state index contributed by atoms with van der Waals surface area (Å²) in [6.07, 6.45) is 8.11. The molecule has 2 saturated carbocycles. The normalized spacial score (nSPS) is 31.8. The molecule has 3 nitrogen and oxygen atoms in total. The quantitative estimate of drug-likeness (QED) is 0.753. The van der Waals surface area contributed by atoms with Gasteiger partial charge in [0.25, 0.3) is 0 Å². The molecule has 0 aromatic heterocycles. The molecule has 0 heterocycles. The van der Waals surface area contributed by atoms with Gasteiger partial charge in [-0.05, 0) is 56.9 Å². The summed E-state index contributed by atoms with van der Waals surface area (Å²) in [6, 6.07) is 1.42. The van der Waals surface area contributed by atoms with Crippen LogP contribution in [-0.2, 0) is 0 Å². The lowest BCUT2D eigenvalue weighted by Gasteiger charge is -2.44. The average Bonchev–Trinajstić information content (AvgIpc) is 2.36. The molecule has 3 unspecified atom stereocenters. The summed E-state index contributed by atoms with van der Waals surface area (Å²) >= 11 is 0. The Balaban J connectivity index is 1.94. The average molecular weight is 282 g/mol. The Hall–Kier alpha value is -0.120. The predicted molar refractivity (Wildman–Crippen MR) is 84.8 cm³/mol. The van der Waals surface area contributed by atoms with Gasteiger partial charge in [-0.15, -0.1) is 0 Å². The third-order valence-electron chi connectivity index (χ3n) is 5.78. The van der Waals surface area contributed by atoms with Crippen LogP contribution >= 0.6 is 0 Å². The first-order chi connectivity index (χ1) is 9.65. The molecule has 0 aromatic carbocycles. The van der Waals surface area contributed by atoms with Crippen molar-refractivity contribution in [1.29, 1.82) is 0 Å². The molecule has 0 radical (unpaired) electrons. The summed E-state index contributed by atoms with van der Waals surface area (Å²) in [5.74, 6) is 2.46. The van der Waals surface area contributed by atoms with Crippen molar-refractivity contribution >= 4 is 0 Å². The van der Waals surface area contributed by atoms with Gasteiger partial charge in [0.1, 0.15) is 0 Å². The Morgan fingerprint density at radius 1 is 1.20 bits per heavy atom. The van der Waals surface area contributed by atoms with E-state index >= 15 is 0 Å². The monoisotopic (exact) mass is 282 g/mol. The molecule has 0 amide bonds. The molecule has 2 N–H and O–H groups in total. The fourth-order valence-corrected chi connectivity index (χ4v) is 4.09. The van der Waals surface area contributed by atoms with E-state index < -0.39 is 0 Å². The fraction of sp³-hybridized carbons (Fsp3) is 1.00. The van der Waals surface area contributed by atoms with Gasteiger partial charge >= 0.3 is 0 Å². The molecular weight excluding hydrogens is 248 g/mol. The second-order valence-electron chi connectivity index (χ2n) is 7.28. The molecule has 0 bridgehead atoms. The van der Waals surface area contributed by atoms with E-state index in [1.165, 1.54) is 45.1 Å². The minimum absolute atomic E-state index is 0.307. The first kappa shape index (κ1) is 16.3. The molecule has 2 rings (SSSR count). The summed E-state index contributed by atoms with van der Waals surface area (Å²) in [5.41, 5.74) is 0. The van der Waals surface area contributed by atoms with Gasteiger partial charge in [-0.1, -0.05) is 20.3 Å². The van der Waals surface area contributed by atoms with E-state index in [4.69, 9.17) is 0 Å². The summed E-state index contributed by atoms with van der Waals surface area (Å²) in [7, 11) is 2.12. The number of hydrogen-bond donors (Lipinski definition) is 2. The van der Waals surface area contributed by atoms with E-state index in [1.807, 2.05) is 0 Å². The van der Waals surface area contributed by atoms with Crippen LogP contribution < -0.4 is 5.32 Å². The largest absolute Gasteiger partial charge is 0.395 e. The zero-order chi connectivity index (χ0) is 14.5. The number of nitrogens with zero attached hydrogens (tertiary/aromatic N) is 1. The maximum Gasteiger partial charge on any atom is 0.0558 e. The summed E-state index contributed by atoms with van der Waals surface area (Å²) < 4.78 is 0. The highest BCUT2D eigenvalue weighted by atomic mass is 16.3. The van der Waals surface area contributed by atoms with E-state index in [9.17, 15) is 5.11 Å². The van der Waals surface area contributed by atoms with Crippen molar-refractivity contribution in [3.05, 3.63) is 0 Å². The summed E-state index contributed by atoms with van der Waals surface area (Å²) in [5, 5.41) is 12.9. The number of rotatable bonds is 7. The van der Waals surface area contributed by atoms with E-state index in [2.05, 4.69) is 31.1 Å². The lowest BCUT2D eigenvalue weighted by molar-refractivity contribution is 0.0566. The Labute approximate surface area is 125 Å². The van der Waals surface area contributed by atoms with Crippen LogP contribution in [0.5, 0.6) is 0 Å². The van der Waals surface area contributed by atoms with Gasteiger partial charge in [0.05, 0.1) is 6.61 Å². The second-order valence-corrected chi connectivity index (χ2v) is 7.28. The SMILES string of the molecule is CNC1CCC(C(C)C)CC1CN(CCO)C1CCC1. The van der Waals surface area contributed by atoms with Gasteiger partial charge in [-0.25, -0.2) is 0 Å². The summed E-state index contributed by atoms with van der Waals surface area (Å²) in [4.78, 5) is 2.57. The van der Waals surface area contributed by atoms with Crippen LogP contribution in [0.4, 0.5) is 0 Å². The molecule has 0 spiro atoms. The van der Waals surface area contributed by atoms with Gasteiger partial charge in [0.2, 0.25) is 0 Å². The second kappa shape index (κ2) is 7.77. The smallest absolute Gasteiger partial charge is 0.0558 e. The minimum atomic E-state index is 0.307. The highest BCUT2D eigenvalue weighted by Gasteiger charge is 2.34. The van der Waals surface area contributed by atoms with Gasteiger partial charge in [-0.3, -0.25) is 4.90 Å². The zero-order valence-electron chi connectivity index (χ0n) is 13.6. The van der Waals surface area contributed by atoms with Crippen LogP contribution in [0.15, 0.2) is 0 Å². The molecule has 0 aromatic rings. The van der Waals surface area contributed by atoms with Crippen molar-refractivity contribution in [1.82, 2.24) is 10.2 Å². The number of hydrogen-bond acceptors (Lipinski definition) is 3. The molecule has 3 atom stereocenters. The lowest BCUT2D eigenvalue weighted by atomic mass is 9.73. The topological polar surface area (TPSA) is 35.5 Å². The van der Waals surface area contributed by atoms with Crippen LogP contribution in [0, 0.1) is 17.8 Å². The third-order valence-corrected chi connectivity index (χ3v) is 5.78. The molecular formula is C17H34N2O. The molecule has 20 heavy (non-hydrogen) atoms. The van der Waals surface area contributed by atoms with Crippen molar-refractivity contribution in [2.75, 3.05) is 26.7 Å². The Morgan fingerprint density at radius 3 is 2.45 bits per heavy atom. The van der Waals surface area contributed by atoms with Gasteiger partial charge in [-0.2, -0.15) is 0 Å². The number of aliphatic hydroxyl groups is 1. The molecule has 2 aliphatic carbocycles. The number of aliphatic hydroxyl groups excluding tert-OH is 1. The zero-order valence-corrected chi connectivity index (χ0v) is 13.6. The van der Waals surface area contributed by atoms with Crippen molar-refractivity contribution < 1.29 is 5.11 Å². The Bertz CT molecular complexity index is 278. The fourth-order valence-electron chi connectivity index (χ4n) is 4.09. The molecule has 2 fully saturated rings. The van der Waals surface area contributed by atoms with Crippen molar-refractivity contribution in [3.8, 4) is 0 Å². The van der Waals surface area contributed by atoms with E-state index in [0.29, 0.717) is 12.6 Å². The lowest BCUT2D eigenvalue weighted by Crippen LogP contribution is -2.50. The number of nitrogens with one attached hydrogen (secondary N) is 1. The van der Waals surface area contributed by atoms with E-state index in [1.54, 1.807) is 0 Å². The first-order valence-corrected chi connectivity index (χ1v) is 8.67. The van der Waals surface area contributed by atoms with Crippen LogP contribution in [-0.4, -0.2) is 48.8 Å². The van der Waals surface area contributed by atoms with Gasteiger partial charge in [0, 0.05) is 25.2 Å². The Morgan fingerprint density at radius 2 is 1.95 bits per heavy atom. The van der Waals surface area contributed by atoms with E-state index in [-0.39, 0.29) is 0 Å². The van der Waals surface area contributed by atoms with E-state index in [0.717, 1.165) is 30.3 Å². The van der Waals surface area contributed by atoms with Gasteiger partial charge in [0.15, 0.2) is 0 Å². The van der Waals surface area contributed by atoms with Crippen molar-refractivity contribution in [3.63, 3.8) is 0 Å². The predicted octanol–water partition coefficient (Wildman–Crippen LogP) is 2.49. The van der Waals surface area contributed by atoms with Crippen LogP contribution in [0.1, 0.15) is 52.4 Å². The van der Waals surface area contributed by atoms with Crippen LogP contribution in [0.25, 0.3) is 0 Å². The highest BCUT2D eigenvalue weighted by Crippen LogP contribution is 2.35. The molecule has 0 aliphatic heterocycles. The van der Waals surface area contributed by atoms with Crippen LogP contribution in [0.3, 0.4) is 0 Å². The van der Waals surface area contributed by atoms with Crippen molar-refractivity contribution in [2.45, 2.75) is 64.5 Å². The molecule has 3 heteroatoms. The molecule has 2 aliphatic rings. The molecule has 0 saturated heterocycles. The summed E-state index contributed by atoms with van der Waals surface area (Å²) in [6.45, 7) is 7.10. The highest BCUT2D eigenvalue weighted by molar-refractivity contribution is 4.89. The standard InChI is InChI=1S/C17H34N2O/c1-13(2)14-7-8-17(18-3)15(11-14)12-19(9-10-20)16-5-4-6-16/h13-18,20H,4-12H2,1-3H3. The van der Waals surface area contributed by atoms with Crippen molar-refractivity contribution in [2.24, 2.45) is 17.8 Å². The maximum atomic E-state index is 9.34.